The van der Waals surface area contributed by atoms with E-state index in [2.05, 4.69) is 18.8 Å². The van der Waals surface area contributed by atoms with Gasteiger partial charge < -0.3 is 10.1 Å². The zero-order valence-electron chi connectivity index (χ0n) is 8.30. The molecule has 0 aliphatic rings. The van der Waals surface area contributed by atoms with Crippen LogP contribution in [0.15, 0.2) is 24.5 Å². The number of alkyl carbamates (subject to hydrolysis) is 1. The molecular weight excluding hydrogens is 166 g/mol. The molecule has 0 spiro atoms. The molecule has 1 amide bonds. The first-order chi connectivity index (χ1) is 6.20. The molecule has 0 unspecified atom stereocenters. The summed E-state index contributed by atoms with van der Waals surface area (Å²) in [5.41, 5.74) is 0. The van der Waals surface area contributed by atoms with Crippen LogP contribution in [0.1, 0.15) is 26.7 Å². The van der Waals surface area contributed by atoms with Crippen molar-refractivity contribution in [2.24, 2.45) is 0 Å². The second kappa shape index (κ2) is 7.40. The quantitative estimate of drug-likeness (QED) is 0.525. The molecule has 0 aliphatic carbocycles. The van der Waals surface area contributed by atoms with E-state index in [1.54, 1.807) is 6.08 Å². The summed E-state index contributed by atoms with van der Waals surface area (Å²) in [6.07, 6.45) is 5.23. The normalized spacial score (nSPS) is 10.0. The van der Waals surface area contributed by atoms with E-state index < -0.39 is 6.09 Å². The topological polar surface area (TPSA) is 38.3 Å². The molecule has 0 aliphatic heterocycles. The summed E-state index contributed by atoms with van der Waals surface area (Å²) in [5, 5.41) is 2.51. The molecule has 0 radical (unpaired) electrons. The van der Waals surface area contributed by atoms with Gasteiger partial charge in [-0.25, -0.2) is 4.79 Å². The summed E-state index contributed by atoms with van der Waals surface area (Å²) in [6.45, 7) is 8.05. The number of rotatable bonds is 5. The molecule has 74 valence electrons. The maximum atomic E-state index is 10.9. The number of unbranched alkanes of at least 4 members (excludes halogenated alkanes) is 1. The van der Waals surface area contributed by atoms with E-state index in [-0.39, 0.29) is 0 Å². The van der Waals surface area contributed by atoms with Crippen LogP contribution in [0.2, 0.25) is 0 Å². The largest absolute Gasteiger partial charge is 0.412 e. The van der Waals surface area contributed by atoms with Crippen molar-refractivity contribution in [2.45, 2.75) is 26.7 Å². The van der Waals surface area contributed by atoms with Gasteiger partial charge in [0.15, 0.2) is 0 Å². The van der Waals surface area contributed by atoms with Gasteiger partial charge in [0, 0.05) is 6.54 Å². The van der Waals surface area contributed by atoms with Crippen molar-refractivity contribution < 1.29 is 9.53 Å². The van der Waals surface area contributed by atoms with Crippen LogP contribution >= 0.6 is 0 Å². The third-order valence-electron chi connectivity index (χ3n) is 1.30. The number of carbonyl (C=O) groups excluding carboxylic acids is 1. The van der Waals surface area contributed by atoms with Crippen LogP contribution in [0.3, 0.4) is 0 Å². The molecule has 3 heteroatoms. The van der Waals surface area contributed by atoms with E-state index in [9.17, 15) is 4.79 Å². The molecule has 0 bridgehead atoms. The van der Waals surface area contributed by atoms with E-state index in [0.717, 1.165) is 12.8 Å². The summed E-state index contributed by atoms with van der Waals surface area (Å²) < 4.78 is 4.81. The summed E-state index contributed by atoms with van der Waals surface area (Å²) >= 11 is 0. The molecule has 0 saturated heterocycles. The number of amides is 1. The van der Waals surface area contributed by atoms with Crippen molar-refractivity contribution >= 4 is 6.09 Å². The highest BCUT2D eigenvalue weighted by Crippen LogP contribution is 1.98. The second-order valence-corrected chi connectivity index (χ2v) is 2.58. The molecule has 0 aromatic rings. The number of ether oxygens (including phenoxy) is 1. The van der Waals surface area contributed by atoms with Crippen LogP contribution in [0.4, 0.5) is 4.79 Å². The first-order valence-corrected chi connectivity index (χ1v) is 4.51. The first kappa shape index (κ1) is 11.8. The highest BCUT2D eigenvalue weighted by Gasteiger charge is 1.99. The van der Waals surface area contributed by atoms with Crippen molar-refractivity contribution in [2.75, 3.05) is 6.54 Å². The monoisotopic (exact) mass is 183 g/mol. The van der Waals surface area contributed by atoms with Crippen LogP contribution in [-0.4, -0.2) is 12.6 Å². The van der Waals surface area contributed by atoms with Gasteiger partial charge in [-0.2, -0.15) is 0 Å². The number of hydrogen-bond acceptors (Lipinski definition) is 2. The molecule has 3 nitrogen and oxygen atoms in total. The minimum atomic E-state index is -0.450. The van der Waals surface area contributed by atoms with Crippen LogP contribution < -0.4 is 5.32 Å². The lowest BCUT2D eigenvalue weighted by Gasteiger charge is -2.03. The Bertz CT molecular complexity index is 197. The van der Waals surface area contributed by atoms with Crippen molar-refractivity contribution in [3.63, 3.8) is 0 Å². The molecule has 0 heterocycles. The fraction of sp³-hybridized carbons (Fsp3) is 0.500. The lowest BCUT2D eigenvalue weighted by atomic mass is 10.3. The van der Waals surface area contributed by atoms with Gasteiger partial charge >= 0.3 is 6.09 Å². The van der Waals surface area contributed by atoms with Crippen LogP contribution in [0.5, 0.6) is 0 Å². The molecule has 0 atom stereocenters. The smallest absolute Gasteiger partial charge is 0.411 e. The lowest BCUT2D eigenvalue weighted by molar-refractivity contribution is 0.180. The maximum Gasteiger partial charge on any atom is 0.412 e. The first-order valence-electron chi connectivity index (χ1n) is 4.51. The summed E-state index contributed by atoms with van der Waals surface area (Å²) in [4.78, 5) is 10.9. The Morgan fingerprint density at radius 2 is 2.23 bits per heavy atom. The molecule has 0 rings (SSSR count). The Morgan fingerprint density at radius 1 is 1.54 bits per heavy atom. The van der Waals surface area contributed by atoms with Gasteiger partial charge in [-0.1, -0.05) is 26.0 Å². The zero-order valence-corrected chi connectivity index (χ0v) is 8.30. The number of carbonyl (C=O) groups is 1. The van der Waals surface area contributed by atoms with Gasteiger partial charge in [0.05, 0.1) is 0 Å². The SMILES string of the molecule is C=C(/C=C/CCC)OC(=O)NCC. The van der Waals surface area contributed by atoms with E-state index in [0.29, 0.717) is 12.3 Å². The highest BCUT2D eigenvalue weighted by molar-refractivity contribution is 5.68. The van der Waals surface area contributed by atoms with E-state index in [1.807, 2.05) is 13.0 Å². The highest BCUT2D eigenvalue weighted by atomic mass is 16.6. The van der Waals surface area contributed by atoms with Gasteiger partial charge in [-0.3, -0.25) is 0 Å². The summed E-state index contributed by atoms with van der Waals surface area (Å²) in [5.74, 6) is 0.374. The molecule has 0 fully saturated rings. The third kappa shape index (κ3) is 7.12. The Kier molecular flexibility index (Phi) is 6.69. The van der Waals surface area contributed by atoms with Gasteiger partial charge in [-0.15, -0.1) is 0 Å². The standard InChI is InChI=1S/C10H17NO2/c1-4-6-7-8-9(3)13-10(12)11-5-2/h7-8H,3-6H2,1-2H3,(H,11,12)/b8-7+. The Morgan fingerprint density at radius 3 is 2.77 bits per heavy atom. The Labute approximate surface area is 79.5 Å². The maximum absolute atomic E-state index is 10.9. The van der Waals surface area contributed by atoms with E-state index in [4.69, 9.17) is 4.74 Å². The molecule has 13 heavy (non-hydrogen) atoms. The number of nitrogens with one attached hydrogen (secondary N) is 1. The van der Waals surface area contributed by atoms with Gasteiger partial charge in [-0.05, 0) is 19.4 Å². The number of hydrogen-bond donors (Lipinski definition) is 1. The summed E-state index contributed by atoms with van der Waals surface area (Å²) in [6, 6.07) is 0. The molecule has 1 N–H and O–H groups in total. The van der Waals surface area contributed by atoms with Crippen LogP contribution in [0, 0.1) is 0 Å². The summed E-state index contributed by atoms with van der Waals surface area (Å²) in [7, 11) is 0. The minimum Gasteiger partial charge on any atom is -0.411 e. The van der Waals surface area contributed by atoms with Crippen molar-refractivity contribution in [1.82, 2.24) is 5.32 Å². The van der Waals surface area contributed by atoms with Gasteiger partial charge in [0.1, 0.15) is 5.76 Å². The van der Waals surface area contributed by atoms with E-state index >= 15 is 0 Å². The zero-order chi connectivity index (χ0) is 10.1. The van der Waals surface area contributed by atoms with Crippen molar-refractivity contribution in [3.8, 4) is 0 Å². The van der Waals surface area contributed by atoms with Crippen molar-refractivity contribution in [3.05, 3.63) is 24.5 Å². The van der Waals surface area contributed by atoms with Crippen LogP contribution in [0.25, 0.3) is 0 Å². The van der Waals surface area contributed by atoms with Gasteiger partial charge in [0.2, 0.25) is 0 Å². The molecule has 0 aromatic carbocycles. The minimum absolute atomic E-state index is 0.374. The fourth-order valence-electron chi connectivity index (χ4n) is 0.715. The van der Waals surface area contributed by atoms with Crippen molar-refractivity contribution in [1.29, 1.82) is 0 Å². The lowest BCUT2D eigenvalue weighted by Crippen LogP contribution is -2.22. The van der Waals surface area contributed by atoms with Crippen LogP contribution in [-0.2, 0) is 4.74 Å². The second-order valence-electron chi connectivity index (χ2n) is 2.58. The Balaban J connectivity index is 3.67. The third-order valence-corrected chi connectivity index (χ3v) is 1.30. The molecule has 0 saturated carbocycles. The predicted molar refractivity (Wildman–Crippen MR) is 53.3 cm³/mol. The Hall–Kier alpha value is -1.25. The average Bonchev–Trinajstić information content (AvgIpc) is 2.05. The fourth-order valence-corrected chi connectivity index (χ4v) is 0.715. The average molecular weight is 183 g/mol. The van der Waals surface area contributed by atoms with E-state index in [1.165, 1.54) is 0 Å². The molecule has 0 aromatic heterocycles. The van der Waals surface area contributed by atoms with Gasteiger partial charge in [0.25, 0.3) is 0 Å². The number of allylic oxidation sites excluding steroid dienone is 2. The molecular formula is C10H17NO2. The predicted octanol–water partition coefficient (Wildman–Crippen LogP) is 2.60.